The monoisotopic (exact) mass is 323 g/mol. The van der Waals surface area contributed by atoms with E-state index in [4.69, 9.17) is 0 Å². The van der Waals surface area contributed by atoms with Crippen molar-refractivity contribution in [2.24, 2.45) is 0 Å². The number of hydrogen-bond acceptors (Lipinski definition) is 3. The average molecular weight is 323 g/mol. The fourth-order valence-electron chi connectivity index (χ4n) is 4.80. The standard InChI is InChI=1S/C21H25NO2/c1-4-6-16-14-9-12(3)10-15-19-13(7-8-18(23)21(19)24)11-17(20(14)15)22(16)5-2/h7-10,16-17,23-24H,4-6,11H2,1-3H3. The molecule has 2 aliphatic rings. The molecule has 1 aliphatic carbocycles. The van der Waals surface area contributed by atoms with E-state index in [9.17, 15) is 10.2 Å². The van der Waals surface area contributed by atoms with E-state index in [1.54, 1.807) is 6.07 Å². The summed E-state index contributed by atoms with van der Waals surface area (Å²) in [5, 5.41) is 20.5. The van der Waals surface area contributed by atoms with Crippen molar-refractivity contribution < 1.29 is 10.2 Å². The maximum atomic E-state index is 10.5. The summed E-state index contributed by atoms with van der Waals surface area (Å²) in [5.41, 5.74) is 7.09. The Balaban J connectivity index is 2.00. The highest BCUT2D eigenvalue weighted by atomic mass is 16.3. The second-order valence-electron chi connectivity index (χ2n) is 7.14. The van der Waals surface area contributed by atoms with E-state index in [0.717, 1.165) is 42.5 Å². The van der Waals surface area contributed by atoms with Gasteiger partial charge in [0.2, 0.25) is 0 Å². The molecule has 2 unspecified atom stereocenters. The summed E-state index contributed by atoms with van der Waals surface area (Å²) < 4.78 is 0. The van der Waals surface area contributed by atoms with Crippen molar-refractivity contribution in [1.29, 1.82) is 0 Å². The first-order chi connectivity index (χ1) is 11.6. The minimum atomic E-state index is -0.0297. The first kappa shape index (κ1) is 15.5. The van der Waals surface area contributed by atoms with Crippen LogP contribution in [0.5, 0.6) is 11.5 Å². The van der Waals surface area contributed by atoms with Crippen molar-refractivity contribution in [3.63, 3.8) is 0 Å². The van der Waals surface area contributed by atoms with Crippen LogP contribution < -0.4 is 0 Å². The summed E-state index contributed by atoms with van der Waals surface area (Å²) in [4.78, 5) is 2.62. The van der Waals surface area contributed by atoms with Gasteiger partial charge >= 0.3 is 0 Å². The van der Waals surface area contributed by atoms with Gasteiger partial charge in [-0.25, -0.2) is 0 Å². The number of phenolic OH excluding ortho intramolecular Hbond substituents is 2. The zero-order chi connectivity index (χ0) is 17.0. The largest absolute Gasteiger partial charge is 0.504 e. The lowest BCUT2D eigenvalue weighted by atomic mass is 9.80. The Morgan fingerprint density at radius 3 is 2.67 bits per heavy atom. The van der Waals surface area contributed by atoms with Crippen molar-refractivity contribution >= 4 is 0 Å². The first-order valence-electron chi connectivity index (χ1n) is 9.01. The van der Waals surface area contributed by atoms with Crippen LogP contribution in [0.15, 0.2) is 24.3 Å². The minimum absolute atomic E-state index is 0.0285. The van der Waals surface area contributed by atoms with Gasteiger partial charge in [0, 0.05) is 17.6 Å². The van der Waals surface area contributed by atoms with Crippen molar-refractivity contribution in [3.05, 3.63) is 46.5 Å². The van der Waals surface area contributed by atoms with E-state index >= 15 is 0 Å². The summed E-state index contributed by atoms with van der Waals surface area (Å²) in [6, 6.07) is 8.93. The van der Waals surface area contributed by atoms with Crippen LogP contribution in [0, 0.1) is 6.92 Å². The smallest absolute Gasteiger partial charge is 0.165 e. The summed E-state index contributed by atoms with van der Waals surface area (Å²) in [6.07, 6.45) is 3.23. The predicted octanol–water partition coefficient (Wildman–Crippen LogP) is 4.85. The van der Waals surface area contributed by atoms with Gasteiger partial charge in [-0.2, -0.15) is 0 Å². The highest BCUT2D eigenvalue weighted by Crippen LogP contribution is 2.55. The first-order valence-corrected chi connectivity index (χ1v) is 9.01. The summed E-state index contributed by atoms with van der Waals surface area (Å²) in [6.45, 7) is 7.64. The Labute approximate surface area is 143 Å². The molecular formula is C21H25NO2. The number of aryl methyl sites for hydroxylation is 1. The molecule has 2 N–H and O–H groups in total. The van der Waals surface area contributed by atoms with Crippen molar-refractivity contribution in [2.45, 2.75) is 52.1 Å². The van der Waals surface area contributed by atoms with Gasteiger partial charge in [-0.05, 0) is 54.6 Å². The maximum Gasteiger partial charge on any atom is 0.165 e. The molecule has 0 spiro atoms. The van der Waals surface area contributed by atoms with Crippen LogP contribution >= 0.6 is 0 Å². The van der Waals surface area contributed by atoms with Gasteiger partial charge < -0.3 is 10.2 Å². The van der Waals surface area contributed by atoms with E-state index in [2.05, 4.69) is 37.8 Å². The van der Waals surface area contributed by atoms with E-state index in [-0.39, 0.29) is 11.5 Å². The number of rotatable bonds is 3. The molecule has 0 fully saturated rings. The zero-order valence-corrected chi connectivity index (χ0v) is 14.6. The quantitative estimate of drug-likeness (QED) is 0.794. The van der Waals surface area contributed by atoms with Gasteiger partial charge in [-0.3, -0.25) is 4.90 Å². The molecule has 4 rings (SSSR count). The summed E-state index contributed by atoms with van der Waals surface area (Å²) in [7, 11) is 0. The van der Waals surface area contributed by atoms with Crippen LogP contribution in [-0.4, -0.2) is 21.7 Å². The van der Waals surface area contributed by atoms with Crippen molar-refractivity contribution in [2.75, 3.05) is 6.54 Å². The van der Waals surface area contributed by atoms with Gasteiger partial charge in [0.1, 0.15) is 0 Å². The van der Waals surface area contributed by atoms with Crippen LogP contribution in [0.2, 0.25) is 0 Å². The van der Waals surface area contributed by atoms with Crippen LogP contribution in [0.4, 0.5) is 0 Å². The third-order valence-electron chi connectivity index (χ3n) is 5.70. The molecule has 2 atom stereocenters. The number of nitrogens with zero attached hydrogens (tertiary/aromatic N) is 1. The summed E-state index contributed by atoms with van der Waals surface area (Å²) in [5.74, 6) is -0.00125. The maximum absolute atomic E-state index is 10.5. The fourth-order valence-corrected chi connectivity index (χ4v) is 4.80. The number of likely N-dealkylation sites (N-methyl/N-ethyl adjacent to an activating group) is 1. The third-order valence-corrected chi connectivity index (χ3v) is 5.70. The Hall–Kier alpha value is -2.00. The number of aromatic hydroxyl groups is 2. The lowest BCUT2D eigenvalue weighted by molar-refractivity contribution is 0.160. The lowest BCUT2D eigenvalue weighted by Gasteiger charge is -2.32. The number of hydrogen-bond donors (Lipinski definition) is 2. The normalized spacial score (nSPS) is 21.6. The zero-order valence-electron chi connectivity index (χ0n) is 14.6. The van der Waals surface area contributed by atoms with Gasteiger partial charge in [0.15, 0.2) is 11.5 Å². The van der Waals surface area contributed by atoms with Crippen LogP contribution in [0.25, 0.3) is 11.1 Å². The summed E-state index contributed by atoms with van der Waals surface area (Å²) >= 11 is 0. The van der Waals surface area contributed by atoms with E-state index in [1.807, 2.05) is 6.07 Å². The lowest BCUT2D eigenvalue weighted by Crippen LogP contribution is -2.28. The number of benzene rings is 2. The van der Waals surface area contributed by atoms with Gasteiger partial charge in [0.05, 0.1) is 0 Å². The van der Waals surface area contributed by atoms with Gasteiger partial charge in [-0.15, -0.1) is 0 Å². The molecule has 0 radical (unpaired) electrons. The number of fused-ring (bicyclic) bond motifs is 2. The SMILES string of the molecule is CCCC1c2cc(C)cc3c2C(Cc2ccc(O)c(O)c2-3)N1CC. The predicted molar refractivity (Wildman–Crippen MR) is 96.4 cm³/mol. The molecule has 126 valence electrons. The molecule has 3 nitrogen and oxygen atoms in total. The van der Waals surface area contributed by atoms with Crippen molar-refractivity contribution in [1.82, 2.24) is 4.90 Å². The second-order valence-corrected chi connectivity index (χ2v) is 7.14. The van der Waals surface area contributed by atoms with Crippen LogP contribution in [0.3, 0.4) is 0 Å². The molecule has 0 bridgehead atoms. The number of phenols is 2. The highest BCUT2D eigenvalue weighted by molar-refractivity contribution is 5.83. The molecule has 0 saturated carbocycles. The molecule has 2 aromatic carbocycles. The Morgan fingerprint density at radius 2 is 1.96 bits per heavy atom. The topological polar surface area (TPSA) is 43.7 Å². The molecule has 0 saturated heterocycles. The minimum Gasteiger partial charge on any atom is -0.504 e. The van der Waals surface area contributed by atoms with E-state index in [0.29, 0.717) is 12.1 Å². The molecule has 2 aromatic rings. The fraction of sp³-hybridized carbons (Fsp3) is 0.429. The molecule has 3 heteroatoms. The molecular weight excluding hydrogens is 298 g/mol. The highest BCUT2D eigenvalue weighted by Gasteiger charge is 2.42. The van der Waals surface area contributed by atoms with E-state index < -0.39 is 0 Å². The van der Waals surface area contributed by atoms with Gasteiger partial charge in [0.25, 0.3) is 0 Å². The second kappa shape index (κ2) is 5.52. The Morgan fingerprint density at radius 1 is 1.17 bits per heavy atom. The molecule has 0 amide bonds. The Kier molecular flexibility index (Phi) is 3.57. The van der Waals surface area contributed by atoms with Crippen molar-refractivity contribution in [3.8, 4) is 22.6 Å². The molecule has 24 heavy (non-hydrogen) atoms. The van der Waals surface area contributed by atoms with Crippen LogP contribution in [0.1, 0.15) is 61.0 Å². The molecule has 1 aliphatic heterocycles. The average Bonchev–Trinajstić information content (AvgIpc) is 2.85. The molecule has 1 heterocycles. The van der Waals surface area contributed by atoms with E-state index in [1.165, 1.54) is 16.7 Å². The van der Waals surface area contributed by atoms with Gasteiger partial charge in [-0.1, -0.05) is 44.0 Å². The van der Waals surface area contributed by atoms with Crippen LogP contribution in [-0.2, 0) is 6.42 Å². The Bertz CT molecular complexity index is 812. The molecule has 0 aromatic heterocycles. The third kappa shape index (κ3) is 2.01.